The highest BCUT2D eigenvalue weighted by atomic mass is 17.8. The molecule has 0 aliphatic carbocycles. The lowest BCUT2D eigenvalue weighted by atomic mass is 10.7. The average molecular weight is 148 g/mol. The van der Waals surface area contributed by atoms with Gasteiger partial charge in [-0.05, 0) is 13.0 Å². The highest BCUT2D eigenvalue weighted by Gasteiger charge is 1.83. The van der Waals surface area contributed by atoms with Gasteiger partial charge in [0.15, 0.2) is 0 Å². The van der Waals surface area contributed by atoms with Gasteiger partial charge in [0.1, 0.15) is 12.5 Å². The van der Waals surface area contributed by atoms with Gasteiger partial charge >= 0.3 is 0 Å². The van der Waals surface area contributed by atoms with Crippen molar-refractivity contribution in [3.8, 4) is 0 Å². The maximum absolute atomic E-state index is 4.19. The first-order valence-corrected chi connectivity index (χ1v) is 2.46. The third kappa shape index (κ3) is 6.96. The van der Waals surface area contributed by atoms with Crippen molar-refractivity contribution in [3.63, 3.8) is 0 Å². The highest BCUT2D eigenvalue weighted by Crippen LogP contribution is 1.85. The molecule has 0 saturated carbocycles. The molecule has 58 valence electrons. The maximum Gasteiger partial charge on any atom is 0.128 e. The van der Waals surface area contributed by atoms with Gasteiger partial charge in [-0.3, -0.25) is 0 Å². The van der Waals surface area contributed by atoms with E-state index in [1.54, 1.807) is 13.0 Å². The second-order valence-electron chi connectivity index (χ2n) is 1.03. The fourth-order valence-corrected chi connectivity index (χ4v) is 0.149. The van der Waals surface area contributed by atoms with Crippen LogP contribution in [-0.2, 0) is 24.9 Å². The summed E-state index contributed by atoms with van der Waals surface area (Å²) in [6, 6.07) is 0. The number of rotatable bonds is 6. The molecule has 0 aromatic carbocycles. The molecule has 0 N–H and O–H groups in total. The first kappa shape index (κ1) is 8.96. The van der Waals surface area contributed by atoms with E-state index >= 15 is 0 Å². The van der Waals surface area contributed by atoms with Crippen molar-refractivity contribution in [2.24, 2.45) is 0 Å². The Hall–Kier alpha value is -1.04. The van der Waals surface area contributed by atoms with Crippen molar-refractivity contribution < 1.29 is 24.9 Å². The molecule has 5 nitrogen and oxygen atoms in total. The highest BCUT2D eigenvalue weighted by molar-refractivity contribution is 4.62. The fraction of sp³-hybridized carbons (Fsp3) is 0.200. The van der Waals surface area contributed by atoms with E-state index in [1.165, 1.54) is 6.26 Å². The summed E-state index contributed by atoms with van der Waals surface area (Å²) in [7, 11) is 0. The first-order chi connectivity index (χ1) is 4.91. The second-order valence-corrected chi connectivity index (χ2v) is 1.03. The number of hydrogen-bond donors (Lipinski definition) is 0. The minimum atomic E-state index is 1.01. The van der Waals surface area contributed by atoms with Gasteiger partial charge in [0, 0.05) is 15.1 Å². The van der Waals surface area contributed by atoms with Crippen molar-refractivity contribution in [1.82, 2.24) is 0 Å². The standard InChI is InChI=1S/C5H8O5/c1-3-5-7-9-10-8-6-4-2/h3-5H,2H2,1H3/b5-3-. The van der Waals surface area contributed by atoms with Gasteiger partial charge in [-0.25, -0.2) is 0 Å². The van der Waals surface area contributed by atoms with E-state index in [9.17, 15) is 0 Å². The molecule has 0 radical (unpaired) electrons. The van der Waals surface area contributed by atoms with Crippen molar-refractivity contribution in [1.29, 1.82) is 0 Å². The molecular weight excluding hydrogens is 140 g/mol. The summed E-state index contributed by atoms with van der Waals surface area (Å²) in [5, 5.41) is 11.5. The predicted molar refractivity (Wildman–Crippen MR) is 30.4 cm³/mol. The van der Waals surface area contributed by atoms with Crippen LogP contribution >= 0.6 is 0 Å². The van der Waals surface area contributed by atoms with Gasteiger partial charge in [-0.15, -0.1) is 0 Å². The fourth-order valence-electron chi connectivity index (χ4n) is 0.149. The van der Waals surface area contributed by atoms with Crippen LogP contribution in [0.5, 0.6) is 0 Å². The van der Waals surface area contributed by atoms with E-state index in [0.717, 1.165) is 6.26 Å². The van der Waals surface area contributed by atoms with Crippen molar-refractivity contribution in [2.45, 2.75) is 6.92 Å². The van der Waals surface area contributed by atoms with Crippen LogP contribution in [0.25, 0.3) is 0 Å². The molecule has 0 spiro atoms. The Kier molecular flexibility index (Phi) is 7.13. The summed E-state index contributed by atoms with van der Waals surface area (Å²) in [6.07, 6.45) is 3.86. The molecule has 0 bridgehead atoms. The normalized spacial score (nSPS) is 9.70. The summed E-state index contributed by atoms with van der Waals surface area (Å²) in [5.41, 5.74) is 0. The smallest absolute Gasteiger partial charge is 0.128 e. The monoisotopic (exact) mass is 148 g/mol. The zero-order valence-electron chi connectivity index (χ0n) is 5.48. The lowest BCUT2D eigenvalue weighted by molar-refractivity contribution is -0.692. The van der Waals surface area contributed by atoms with E-state index in [0.29, 0.717) is 0 Å². The molecule has 0 atom stereocenters. The Balaban J connectivity index is 2.83. The van der Waals surface area contributed by atoms with E-state index in [-0.39, 0.29) is 0 Å². The van der Waals surface area contributed by atoms with E-state index in [4.69, 9.17) is 0 Å². The summed E-state index contributed by atoms with van der Waals surface area (Å²) in [4.78, 5) is 8.21. The SMILES string of the molecule is C=COOOOO/C=C\C. The minimum absolute atomic E-state index is 1.01. The zero-order valence-corrected chi connectivity index (χ0v) is 5.48. The first-order valence-electron chi connectivity index (χ1n) is 2.46. The summed E-state index contributed by atoms with van der Waals surface area (Å²) >= 11 is 0. The molecule has 10 heavy (non-hydrogen) atoms. The Labute approximate surface area is 58.1 Å². The van der Waals surface area contributed by atoms with Gasteiger partial charge < -0.3 is 9.78 Å². The van der Waals surface area contributed by atoms with Gasteiger partial charge in [-0.1, -0.05) is 6.58 Å². The molecule has 0 unspecified atom stereocenters. The molecule has 0 rings (SSSR count). The Morgan fingerprint density at radius 1 is 1.10 bits per heavy atom. The Morgan fingerprint density at radius 3 is 2.40 bits per heavy atom. The van der Waals surface area contributed by atoms with Crippen LogP contribution in [0.15, 0.2) is 25.2 Å². The Bertz CT molecular complexity index is 100. The third-order valence-corrected chi connectivity index (χ3v) is 0.394. The lowest BCUT2D eigenvalue weighted by Crippen LogP contribution is -1.92. The third-order valence-electron chi connectivity index (χ3n) is 0.394. The molecule has 0 aliphatic rings. The topological polar surface area (TPSA) is 46.2 Å². The molecule has 0 fully saturated rings. The summed E-state index contributed by atoms with van der Waals surface area (Å²) in [6.45, 7) is 4.90. The summed E-state index contributed by atoms with van der Waals surface area (Å²) in [5.74, 6) is 0. The Morgan fingerprint density at radius 2 is 1.80 bits per heavy atom. The second kappa shape index (κ2) is 7.96. The molecule has 0 heterocycles. The van der Waals surface area contributed by atoms with Crippen LogP contribution in [0.4, 0.5) is 0 Å². The molecule has 0 aromatic heterocycles. The number of allylic oxidation sites excluding steroid dienone is 1. The predicted octanol–water partition coefficient (Wildman–Crippen LogP) is 1.41. The van der Waals surface area contributed by atoms with E-state index in [2.05, 4.69) is 31.5 Å². The zero-order chi connectivity index (χ0) is 7.66. The van der Waals surface area contributed by atoms with Crippen LogP contribution < -0.4 is 0 Å². The maximum atomic E-state index is 4.19. The van der Waals surface area contributed by atoms with Crippen LogP contribution in [0.3, 0.4) is 0 Å². The number of hydrogen-bond acceptors (Lipinski definition) is 5. The summed E-state index contributed by atoms with van der Waals surface area (Å²) < 4.78 is 0. The molecule has 0 amide bonds. The molecule has 0 saturated heterocycles. The van der Waals surface area contributed by atoms with Crippen LogP contribution in [0.1, 0.15) is 6.92 Å². The van der Waals surface area contributed by atoms with Crippen molar-refractivity contribution in [3.05, 3.63) is 25.2 Å². The minimum Gasteiger partial charge on any atom is -0.315 e. The van der Waals surface area contributed by atoms with Crippen molar-refractivity contribution >= 4 is 0 Å². The average Bonchev–Trinajstić information content (AvgIpc) is 1.97. The van der Waals surface area contributed by atoms with Crippen LogP contribution in [-0.4, -0.2) is 0 Å². The van der Waals surface area contributed by atoms with E-state index < -0.39 is 0 Å². The molecular formula is C5H8O5. The van der Waals surface area contributed by atoms with Gasteiger partial charge in [0.25, 0.3) is 0 Å². The van der Waals surface area contributed by atoms with Crippen molar-refractivity contribution in [2.75, 3.05) is 0 Å². The molecule has 5 heteroatoms. The largest absolute Gasteiger partial charge is 0.315 e. The van der Waals surface area contributed by atoms with Gasteiger partial charge in [0.2, 0.25) is 0 Å². The van der Waals surface area contributed by atoms with Gasteiger partial charge in [0.05, 0.1) is 0 Å². The lowest BCUT2D eigenvalue weighted by Gasteiger charge is -1.94. The van der Waals surface area contributed by atoms with Gasteiger partial charge in [-0.2, -0.15) is 0 Å². The molecule has 0 aliphatic heterocycles. The quantitative estimate of drug-likeness (QED) is 0.246. The van der Waals surface area contributed by atoms with E-state index in [1.807, 2.05) is 0 Å². The molecule has 0 aromatic rings. The van der Waals surface area contributed by atoms with Crippen LogP contribution in [0, 0.1) is 0 Å². The van der Waals surface area contributed by atoms with Crippen LogP contribution in [0.2, 0.25) is 0 Å².